The smallest absolute Gasteiger partial charge is 0.317 e. The molecule has 1 aliphatic rings. The van der Waals surface area contributed by atoms with E-state index in [1.165, 1.54) is 5.56 Å². The van der Waals surface area contributed by atoms with Crippen molar-refractivity contribution in [1.82, 2.24) is 9.80 Å². The lowest BCUT2D eigenvalue weighted by atomic mass is 10.0. The fraction of sp³-hybridized carbons (Fsp3) is 0.611. The Labute approximate surface area is 138 Å². The first kappa shape index (κ1) is 17.8. The Bertz CT molecular complexity index is 499. The molecule has 0 saturated carbocycles. The van der Waals surface area contributed by atoms with Crippen molar-refractivity contribution < 1.29 is 14.6 Å². The van der Waals surface area contributed by atoms with Crippen LogP contribution >= 0.6 is 0 Å². The molecule has 0 radical (unpaired) electrons. The summed E-state index contributed by atoms with van der Waals surface area (Å²) >= 11 is 0. The molecule has 0 unspecified atom stereocenters. The largest absolute Gasteiger partial charge is 0.492 e. The molecule has 0 amide bonds. The molecule has 1 fully saturated rings. The van der Waals surface area contributed by atoms with Gasteiger partial charge in [0.15, 0.2) is 0 Å². The van der Waals surface area contributed by atoms with Gasteiger partial charge in [0, 0.05) is 12.6 Å². The van der Waals surface area contributed by atoms with E-state index in [-0.39, 0.29) is 6.54 Å². The third-order valence-corrected chi connectivity index (χ3v) is 4.55. The number of rotatable bonds is 8. The van der Waals surface area contributed by atoms with Crippen LogP contribution in [0.3, 0.4) is 0 Å². The highest BCUT2D eigenvalue weighted by Gasteiger charge is 2.23. The lowest BCUT2D eigenvalue weighted by Crippen LogP contribution is -2.45. The molecule has 128 valence electrons. The van der Waals surface area contributed by atoms with Gasteiger partial charge in [0.25, 0.3) is 0 Å². The molecule has 0 atom stereocenters. The topological polar surface area (TPSA) is 53.0 Å². The Hall–Kier alpha value is -1.59. The highest BCUT2D eigenvalue weighted by molar-refractivity contribution is 5.69. The minimum atomic E-state index is -0.752. The number of carboxylic acid groups (broad SMARTS) is 1. The molecule has 1 aromatic rings. The first-order valence-electron chi connectivity index (χ1n) is 8.44. The number of piperidine rings is 1. The zero-order valence-electron chi connectivity index (χ0n) is 14.2. The van der Waals surface area contributed by atoms with Crippen molar-refractivity contribution >= 4 is 5.97 Å². The second kappa shape index (κ2) is 8.89. The van der Waals surface area contributed by atoms with Crippen LogP contribution in [0.15, 0.2) is 24.3 Å². The molecule has 5 heteroatoms. The molecule has 23 heavy (non-hydrogen) atoms. The van der Waals surface area contributed by atoms with Crippen molar-refractivity contribution in [3.63, 3.8) is 0 Å². The van der Waals surface area contributed by atoms with Crippen LogP contribution < -0.4 is 4.74 Å². The van der Waals surface area contributed by atoms with E-state index in [0.717, 1.165) is 44.6 Å². The van der Waals surface area contributed by atoms with Crippen LogP contribution in [0.5, 0.6) is 5.75 Å². The first-order chi connectivity index (χ1) is 11.1. The van der Waals surface area contributed by atoms with E-state index >= 15 is 0 Å². The third-order valence-electron chi connectivity index (χ3n) is 4.55. The van der Waals surface area contributed by atoms with Crippen LogP contribution in [0.25, 0.3) is 0 Å². The van der Waals surface area contributed by atoms with Gasteiger partial charge in [-0.25, -0.2) is 0 Å². The summed E-state index contributed by atoms with van der Waals surface area (Å²) in [5, 5.41) is 8.86. The Balaban J connectivity index is 1.67. The van der Waals surface area contributed by atoms with Crippen molar-refractivity contribution in [3.05, 3.63) is 29.8 Å². The lowest BCUT2D eigenvalue weighted by molar-refractivity contribution is -0.138. The standard InChI is InChI=1S/C18H28N2O3/c1-3-15-5-4-6-17(13-15)23-12-11-20-9-7-16(8-10-20)19(2)14-18(21)22/h4-6,13,16H,3,7-12,14H2,1-2H3,(H,21,22). The molecule has 0 aromatic heterocycles. The van der Waals surface area contributed by atoms with E-state index in [4.69, 9.17) is 9.84 Å². The van der Waals surface area contributed by atoms with Gasteiger partial charge in [-0.3, -0.25) is 14.6 Å². The number of aliphatic carboxylic acids is 1. The summed E-state index contributed by atoms with van der Waals surface area (Å²) in [7, 11) is 1.90. The molecular weight excluding hydrogens is 292 g/mol. The van der Waals surface area contributed by atoms with Crippen molar-refractivity contribution in [1.29, 1.82) is 0 Å². The maximum atomic E-state index is 10.8. The number of hydrogen-bond donors (Lipinski definition) is 1. The number of carbonyl (C=O) groups is 1. The number of hydrogen-bond acceptors (Lipinski definition) is 4. The van der Waals surface area contributed by atoms with Crippen LogP contribution in [0.1, 0.15) is 25.3 Å². The zero-order chi connectivity index (χ0) is 16.7. The van der Waals surface area contributed by atoms with E-state index < -0.39 is 5.97 Å². The Morgan fingerprint density at radius 3 is 2.78 bits per heavy atom. The van der Waals surface area contributed by atoms with E-state index in [2.05, 4.69) is 24.0 Å². The van der Waals surface area contributed by atoms with Crippen molar-refractivity contribution in [2.75, 3.05) is 39.8 Å². The van der Waals surface area contributed by atoms with Gasteiger partial charge in [-0.15, -0.1) is 0 Å². The van der Waals surface area contributed by atoms with Gasteiger partial charge in [0.2, 0.25) is 0 Å². The molecule has 1 saturated heterocycles. The van der Waals surface area contributed by atoms with Gasteiger partial charge in [0.05, 0.1) is 6.54 Å². The summed E-state index contributed by atoms with van der Waals surface area (Å²) in [4.78, 5) is 15.1. The predicted octanol–water partition coefficient (Wildman–Crippen LogP) is 2.11. The van der Waals surface area contributed by atoms with Gasteiger partial charge in [-0.2, -0.15) is 0 Å². The molecule has 1 aromatic carbocycles. The lowest BCUT2D eigenvalue weighted by Gasteiger charge is -2.36. The summed E-state index contributed by atoms with van der Waals surface area (Å²) in [6.45, 7) is 5.90. The summed E-state index contributed by atoms with van der Waals surface area (Å²) in [6.07, 6.45) is 3.07. The number of aryl methyl sites for hydroxylation is 1. The number of nitrogens with zero attached hydrogens (tertiary/aromatic N) is 2. The van der Waals surface area contributed by atoms with Gasteiger partial charge in [-0.1, -0.05) is 19.1 Å². The van der Waals surface area contributed by atoms with E-state index in [1.807, 2.05) is 24.1 Å². The van der Waals surface area contributed by atoms with Crippen LogP contribution in [0.2, 0.25) is 0 Å². The highest BCUT2D eigenvalue weighted by atomic mass is 16.5. The van der Waals surface area contributed by atoms with Crippen LogP contribution in [0.4, 0.5) is 0 Å². The molecule has 1 aliphatic heterocycles. The number of carboxylic acids is 1. The minimum Gasteiger partial charge on any atom is -0.492 e. The molecule has 0 bridgehead atoms. The molecule has 1 N–H and O–H groups in total. The highest BCUT2D eigenvalue weighted by Crippen LogP contribution is 2.16. The normalized spacial score (nSPS) is 16.7. The Morgan fingerprint density at radius 2 is 2.13 bits per heavy atom. The zero-order valence-corrected chi connectivity index (χ0v) is 14.2. The minimum absolute atomic E-state index is 0.127. The van der Waals surface area contributed by atoms with Crippen LogP contribution in [-0.2, 0) is 11.2 Å². The second-order valence-electron chi connectivity index (χ2n) is 6.23. The SMILES string of the molecule is CCc1cccc(OCCN2CCC(N(C)CC(=O)O)CC2)c1. The van der Waals surface area contributed by atoms with Gasteiger partial charge >= 0.3 is 5.97 Å². The predicted molar refractivity (Wildman–Crippen MR) is 91.0 cm³/mol. The number of likely N-dealkylation sites (tertiary alicyclic amines) is 1. The Morgan fingerprint density at radius 1 is 1.39 bits per heavy atom. The third kappa shape index (κ3) is 5.84. The summed E-state index contributed by atoms with van der Waals surface area (Å²) in [5.74, 6) is 0.193. The fourth-order valence-electron chi connectivity index (χ4n) is 3.07. The number of ether oxygens (including phenoxy) is 1. The van der Waals surface area contributed by atoms with Crippen molar-refractivity contribution in [3.8, 4) is 5.75 Å². The van der Waals surface area contributed by atoms with Gasteiger partial charge in [-0.05, 0) is 57.1 Å². The fourth-order valence-corrected chi connectivity index (χ4v) is 3.07. The summed E-state index contributed by atoms with van der Waals surface area (Å²) in [5.41, 5.74) is 1.30. The average molecular weight is 320 g/mol. The second-order valence-corrected chi connectivity index (χ2v) is 6.23. The summed E-state index contributed by atoms with van der Waals surface area (Å²) in [6, 6.07) is 8.65. The maximum absolute atomic E-state index is 10.8. The van der Waals surface area contributed by atoms with Crippen molar-refractivity contribution in [2.24, 2.45) is 0 Å². The summed E-state index contributed by atoms with van der Waals surface area (Å²) < 4.78 is 5.85. The quantitative estimate of drug-likeness (QED) is 0.795. The number of likely N-dealkylation sites (N-methyl/N-ethyl adjacent to an activating group) is 1. The van der Waals surface area contributed by atoms with E-state index in [0.29, 0.717) is 12.6 Å². The monoisotopic (exact) mass is 320 g/mol. The molecule has 2 rings (SSSR count). The van der Waals surface area contributed by atoms with Gasteiger partial charge < -0.3 is 9.84 Å². The van der Waals surface area contributed by atoms with E-state index in [9.17, 15) is 4.79 Å². The molecule has 0 spiro atoms. The average Bonchev–Trinajstić information content (AvgIpc) is 2.55. The molecule has 1 heterocycles. The van der Waals surface area contributed by atoms with Crippen LogP contribution in [-0.4, -0.2) is 66.8 Å². The van der Waals surface area contributed by atoms with Crippen molar-refractivity contribution in [2.45, 2.75) is 32.2 Å². The van der Waals surface area contributed by atoms with Crippen LogP contribution in [0, 0.1) is 0 Å². The molecule has 0 aliphatic carbocycles. The molecule has 5 nitrogen and oxygen atoms in total. The van der Waals surface area contributed by atoms with Gasteiger partial charge in [0.1, 0.15) is 12.4 Å². The van der Waals surface area contributed by atoms with E-state index in [1.54, 1.807) is 0 Å². The molecular formula is C18H28N2O3. The first-order valence-corrected chi connectivity index (χ1v) is 8.44. The maximum Gasteiger partial charge on any atom is 0.317 e. The number of benzene rings is 1. The Kier molecular flexibility index (Phi) is 6.86.